The summed E-state index contributed by atoms with van der Waals surface area (Å²) >= 11 is 0. The van der Waals surface area contributed by atoms with Crippen LogP contribution in [-0.4, -0.2) is 28.5 Å². The van der Waals surface area contributed by atoms with E-state index in [0.29, 0.717) is 55.6 Å². The molecule has 2 heterocycles. The molecule has 2 amide bonds. The normalized spacial score (nSPS) is 18.2. The minimum atomic E-state index is -0.461. The Labute approximate surface area is 182 Å². The molecule has 2 aliphatic rings. The standard InChI is InChI=1S/C25H27N3O3/c1-15-3-5-18(13-22(15)26)12-20(29)8-6-17-7-9-21-19(11-17)14-28(25(21)31)23-10-4-16(2)27-24(23)30/h3,5,7,9,11,13,23H,2,4,6,8,10,12,14,26H2,1H3,(H,27,30). The molecule has 0 bridgehead atoms. The van der Waals surface area contributed by atoms with Crippen molar-refractivity contribution in [1.82, 2.24) is 10.2 Å². The summed E-state index contributed by atoms with van der Waals surface area (Å²) in [5.74, 6) is -0.122. The molecule has 2 aliphatic heterocycles. The smallest absolute Gasteiger partial charge is 0.255 e. The van der Waals surface area contributed by atoms with Crippen LogP contribution in [0.5, 0.6) is 0 Å². The minimum absolute atomic E-state index is 0.109. The van der Waals surface area contributed by atoms with Gasteiger partial charge in [-0.25, -0.2) is 0 Å². The van der Waals surface area contributed by atoms with E-state index in [0.717, 1.165) is 22.3 Å². The van der Waals surface area contributed by atoms with Crippen LogP contribution < -0.4 is 11.1 Å². The number of nitrogen functional groups attached to an aromatic ring is 1. The lowest BCUT2D eigenvalue weighted by Crippen LogP contribution is -2.49. The monoisotopic (exact) mass is 417 g/mol. The van der Waals surface area contributed by atoms with Crippen LogP contribution in [0.2, 0.25) is 0 Å². The topological polar surface area (TPSA) is 92.5 Å². The van der Waals surface area contributed by atoms with E-state index in [1.807, 2.05) is 43.3 Å². The second-order valence-corrected chi connectivity index (χ2v) is 8.48. The van der Waals surface area contributed by atoms with Crippen molar-refractivity contribution in [2.45, 2.75) is 51.6 Å². The summed E-state index contributed by atoms with van der Waals surface area (Å²) in [6.45, 7) is 6.16. The number of carbonyl (C=O) groups excluding carboxylic acids is 3. The Morgan fingerprint density at radius 2 is 1.97 bits per heavy atom. The number of allylic oxidation sites excluding steroid dienone is 1. The maximum absolute atomic E-state index is 12.8. The Balaban J connectivity index is 1.38. The summed E-state index contributed by atoms with van der Waals surface area (Å²) < 4.78 is 0. The molecule has 0 radical (unpaired) electrons. The molecular formula is C25H27N3O3. The highest BCUT2D eigenvalue weighted by atomic mass is 16.2. The fraction of sp³-hybridized carbons (Fsp3) is 0.320. The van der Waals surface area contributed by atoms with E-state index in [4.69, 9.17) is 5.73 Å². The van der Waals surface area contributed by atoms with Crippen molar-refractivity contribution in [3.8, 4) is 0 Å². The molecule has 31 heavy (non-hydrogen) atoms. The van der Waals surface area contributed by atoms with Crippen LogP contribution in [0.1, 0.15) is 51.9 Å². The Morgan fingerprint density at radius 3 is 2.71 bits per heavy atom. The Morgan fingerprint density at radius 1 is 1.19 bits per heavy atom. The maximum atomic E-state index is 12.8. The molecule has 0 aliphatic carbocycles. The Bertz CT molecular complexity index is 1090. The van der Waals surface area contributed by atoms with E-state index in [1.54, 1.807) is 4.90 Å². The van der Waals surface area contributed by atoms with Crippen LogP contribution in [0.3, 0.4) is 0 Å². The number of nitrogens with zero attached hydrogens (tertiary/aromatic N) is 1. The average Bonchev–Trinajstić information content (AvgIpc) is 3.05. The van der Waals surface area contributed by atoms with Gasteiger partial charge in [-0.2, -0.15) is 0 Å². The van der Waals surface area contributed by atoms with Crippen LogP contribution in [0.25, 0.3) is 0 Å². The third kappa shape index (κ3) is 4.38. The van der Waals surface area contributed by atoms with Gasteiger partial charge < -0.3 is 16.0 Å². The van der Waals surface area contributed by atoms with Crippen molar-refractivity contribution in [1.29, 1.82) is 0 Å². The van der Waals surface area contributed by atoms with Gasteiger partial charge in [-0.3, -0.25) is 14.4 Å². The van der Waals surface area contributed by atoms with Crippen molar-refractivity contribution in [2.75, 3.05) is 5.73 Å². The Kier molecular flexibility index (Phi) is 5.63. The molecule has 1 atom stereocenters. The highest BCUT2D eigenvalue weighted by Crippen LogP contribution is 2.29. The van der Waals surface area contributed by atoms with Gasteiger partial charge in [0.05, 0.1) is 0 Å². The number of benzene rings is 2. The molecule has 1 fully saturated rings. The first kappa shape index (κ1) is 20.8. The van der Waals surface area contributed by atoms with Gasteiger partial charge in [0.15, 0.2) is 0 Å². The van der Waals surface area contributed by atoms with E-state index in [1.165, 1.54) is 0 Å². The number of hydrogen-bond acceptors (Lipinski definition) is 4. The molecule has 6 nitrogen and oxygen atoms in total. The van der Waals surface area contributed by atoms with Crippen LogP contribution in [0, 0.1) is 6.92 Å². The fourth-order valence-corrected chi connectivity index (χ4v) is 4.26. The average molecular weight is 418 g/mol. The van der Waals surface area contributed by atoms with Gasteiger partial charge >= 0.3 is 0 Å². The van der Waals surface area contributed by atoms with Crippen molar-refractivity contribution in [3.05, 3.63) is 76.5 Å². The molecule has 2 aromatic carbocycles. The van der Waals surface area contributed by atoms with Gasteiger partial charge in [0, 0.05) is 36.3 Å². The summed E-state index contributed by atoms with van der Waals surface area (Å²) in [6.07, 6.45) is 2.68. The number of piperidine rings is 1. The van der Waals surface area contributed by atoms with Crippen LogP contribution >= 0.6 is 0 Å². The predicted octanol–water partition coefficient (Wildman–Crippen LogP) is 3.07. The molecule has 0 saturated carbocycles. The van der Waals surface area contributed by atoms with Gasteiger partial charge in [0.2, 0.25) is 5.91 Å². The zero-order valence-electron chi connectivity index (χ0n) is 17.7. The van der Waals surface area contributed by atoms with Crippen LogP contribution in [-0.2, 0) is 29.0 Å². The first-order chi connectivity index (χ1) is 14.8. The summed E-state index contributed by atoms with van der Waals surface area (Å²) in [4.78, 5) is 39.2. The van der Waals surface area contributed by atoms with Crippen LogP contribution in [0.4, 0.5) is 5.69 Å². The number of hydrogen-bond donors (Lipinski definition) is 2. The maximum Gasteiger partial charge on any atom is 0.255 e. The Hall–Kier alpha value is -3.41. The van der Waals surface area contributed by atoms with Gasteiger partial charge in [0.1, 0.15) is 11.8 Å². The van der Waals surface area contributed by atoms with Crippen LogP contribution in [0.15, 0.2) is 48.7 Å². The summed E-state index contributed by atoms with van der Waals surface area (Å²) in [7, 11) is 0. The number of Topliss-reactive ketones (excluding diaryl/α,β-unsaturated/α-hetero) is 1. The number of carbonyl (C=O) groups is 3. The molecule has 0 spiro atoms. The molecule has 1 saturated heterocycles. The lowest BCUT2D eigenvalue weighted by molar-refractivity contribution is -0.126. The fourth-order valence-electron chi connectivity index (χ4n) is 4.26. The van der Waals surface area contributed by atoms with Gasteiger partial charge in [-0.1, -0.05) is 30.8 Å². The third-order valence-electron chi connectivity index (χ3n) is 6.14. The van der Waals surface area contributed by atoms with E-state index in [9.17, 15) is 14.4 Å². The van der Waals surface area contributed by atoms with Gasteiger partial charge in [-0.15, -0.1) is 0 Å². The van der Waals surface area contributed by atoms with E-state index >= 15 is 0 Å². The van der Waals surface area contributed by atoms with Crippen molar-refractivity contribution in [2.24, 2.45) is 0 Å². The number of fused-ring (bicyclic) bond motifs is 1. The molecule has 4 rings (SSSR count). The molecule has 0 aromatic heterocycles. The summed E-state index contributed by atoms with van der Waals surface area (Å²) in [6, 6.07) is 11.0. The second-order valence-electron chi connectivity index (χ2n) is 8.48. The summed E-state index contributed by atoms with van der Waals surface area (Å²) in [5.41, 5.74) is 11.8. The molecule has 160 valence electrons. The van der Waals surface area contributed by atoms with Crippen molar-refractivity contribution < 1.29 is 14.4 Å². The van der Waals surface area contributed by atoms with Gasteiger partial charge in [0.25, 0.3) is 5.91 Å². The molecule has 6 heteroatoms. The third-order valence-corrected chi connectivity index (χ3v) is 6.14. The molecule has 3 N–H and O–H groups in total. The van der Waals surface area contributed by atoms with Crippen molar-refractivity contribution in [3.63, 3.8) is 0 Å². The first-order valence-electron chi connectivity index (χ1n) is 10.6. The first-order valence-corrected chi connectivity index (χ1v) is 10.6. The largest absolute Gasteiger partial charge is 0.399 e. The SMILES string of the molecule is C=C1CCC(N2Cc3cc(CCC(=O)Cc4ccc(C)c(N)c4)ccc3C2=O)C(=O)N1. The number of nitrogens with one attached hydrogen (secondary N) is 1. The highest BCUT2D eigenvalue weighted by molar-refractivity contribution is 6.01. The number of anilines is 1. The van der Waals surface area contributed by atoms with Gasteiger partial charge in [-0.05, 0) is 60.6 Å². The quantitative estimate of drug-likeness (QED) is 0.707. The number of amides is 2. The minimum Gasteiger partial charge on any atom is -0.399 e. The number of rotatable bonds is 6. The number of ketones is 1. The summed E-state index contributed by atoms with van der Waals surface area (Å²) in [5, 5.41) is 2.75. The van der Waals surface area contributed by atoms with Crippen molar-refractivity contribution >= 4 is 23.3 Å². The highest BCUT2D eigenvalue weighted by Gasteiger charge is 2.38. The zero-order valence-corrected chi connectivity index (χ0v) is 17.7. The predicted molar refractivity (Wildman–Crippen MR) is 119 cm³/mol. The molecule has 1 unspecified atom stereocenters. The van der Waals surface area contributed by atoms with E-state index in [-0.39, 0.29) is 17.6 Å². The van der Waals surface area contributed by atoms with E-state index < -0.39 is 6.04 Å². The number of aryl methyl sites for hydroxylation is 2. The lowest BCUT2D eigenvalue weighted by Gasteiger charge is -2.30. The zero-order chi connectivity index (χ0) is 22.1. The lowest BCUT2D eigenvalue weighted by atomic mass is 9.99. The molecule has 2 aromatic rings. The molecular weight excluding hydrogens is 390 g/mol. The second kappa shape index (κ2) is 8.38. The number of nitrogens with two attached hydrogens (primary N) is 1. The van der Waals surface area contributed by atoms with E-state index in [2.05, 4.69) is 11.9 Å².